The molecule has 0 bridgehead atoms. The minimum absolute atomic E-state index is 0.236. The summed E-state index contributed by atoms with van der Waals surface area (Å²) in [6, 6.07) is 13.4. The molecular formula is C15H16ClNO. The van der Waals surface area contributed by atoms with Crippen molar-refractivity contribution >= 4 is 11.6 Å². The SMILES string of the molecule is Cc1ccccc1CNCc1c(O)cccc1Cl. The van der Waals surface area contributed by atoms with Crippen LogP contribution in [0.1, 0.15) is 16.7 Å². The molecule has 2 rings (SSSR count). The van der Waals surface area contributed by atoms with Gasteiger partial charge in [-0.05, 0) is 30.2 Å². The van der Waals surface area contributed by atoms with Gasteiger partial charge in [-0.2, -0.15) is 0 Å². The Bertz CT molecular complexity index is 520. The molecule has 0 spiro atoms. The topological polar surface area (TPSA) is 32.3 Å². The molecule has 0 heterocycles. The number of halogens is 1. The second kappa shape index (κ2) is 5.89. The maximum atomic E-state index is 9.72. The first-order chi connectivity index (χ1) is 8.68. The number of phenolic OH excluding ortho intramolecular Hbond substituents is 1. The molecule has 0 aliphatic carbocycles. The maximum absolute atomic E-state index is 9.72. The first kappa shape index (κ1) is 12.9. The van der Waals surface area contributed by atoms with Crippen molar-refractivity contribution in [2.24, 2.45) is 0 Å². The molecular weight excluding hydrogens is 246 g/mol. The molecule has 0 aliphatic rings. The Morgan fingerprint density at radius 1 is 1.06 bits per heavy atom. The van der Waals surface area contributed by atoms with Crippen LogP contribution < -0.4 is 5.32 Å². The fraction of sp³-hybridized carbons (Fsp3) is 0.200. The predicted octanol–water partition coefficient (Wildman–Crippen LogP) is 3.64. The van der Waals surface area contributed by atoms with Crippen LogP contribution in [0.15, 0.2) is 42.5 Å². The summed E-state index contributed by atoms with van der Waals surface area (Å²) in [4.78, 5) is 0. The van der Waals surface area contributed by atoms with Gasteiger partial charge in [-0.25, -0.2) is 0 Å². The summed E-state index contributed by atoms with van der Waals surface area (Å²) in [5.41, 5.74) is 3.25. The highest BCUT2D eigenvalue weighted by atomic mass is 35.5. The Kier molecular flexibility index (Phi) is 4.24. The van der Waals surface area contributed by atoms with Gasteiger partial charge in [0.25, 0.3) is 0 Å². The lowest BCUT2D eigenvalue weighted by Crippen LogP contribution is -2.13. The highest BCUT2D eigenvalue weighted by molar-refractivity contribution is 6.31. The van der Waals surface area contributed by atoms with Crippen molar-refractivity contribution in [1.82, 2.24) is 5.32 Å². The van der Waals surface area contributed by atoms with E-state index in [0.29, 0.717) is 11.6 Å². The van der Waals surface area contributed by atoms with Crippen LogP contribution in [-0.2, 0) is 13.1 Å². The summed E-state index contributed by atoms with van der Waals surface area (Å²) in [6.07, 6.45) is 0. The summed E-state index contributed by atoms with van der Waals surface area (Å²) in [5.74, 6) is 0.236. The molecule has 94 valence electrons. The third kappa shape index (κ3) is 3.03. The zero-order valence-corrected chi connectivity index (χ0v) is 11.0. The number of benzene rings is 2. The van der Waals surface area contributed by atoms with Crippen LogP contribution in [0.4, 0.5) is 0 Å². The third-order valence-electron chi connectivity index (χ3n) is 2.97. The number of nitrogens with one attached hydrogen (secondary N) is 1. The molecule has 2 aromatic rings. The molecule has 2 N–H and O–H groups in total. The number of rotatable bonds is 4. The van der Waals surface area contributed by atoms with Gasteiger partial charge in [-0.3, -0.25) is 0 Å². The van der Waals surface area contributed by atoms with Crippen molar-refractivity contribution in [2.75, 3.05) is 0 Å². The third-order valence-corrected chi connectivity index (χ3v) is 3.33. The second-order valence-corrected chi connectivity index (χ2v) is 4.67. The van der Waals surface area contributed by atoms with Crippen molar-refractivity contribution < 1.29 is 5.11 Å². The van der Waals surface area contributed by atoms with E-state index in [-0.39, 0.29) is 5.75 Å². The van der Waals surface area contributed by atoms with E-state index >= 15 is 0 Å². The lowest BCUT2D eigenvalue weighted by atomic mass is 10.1. The van der Waals surface area contributed by atoms with Crippen LogP contribution in [-0.4, -0.2) is 5.11 Å². The van der Waals surface area contributed by atoms with Crippen molar-refractivity contribution in [2.45, 2.75) is 20.0 Å². The van der Waals surface area contributed by atoms with E-state index in [0.717, 1.165) is 12.1 Å². The van der Waals surface area contributed by atoms with E-state index in [4.69, 9.17) is 11.6 Å². The normalized spacial score (nSPS) is 10.6. The van der Waals surface area contributed by atoms with Crippen LogP contribution in [0.3, 0.4) is 0 Å². The highest BCUT2D eigenvalue weighted by Crippen LogP contribution is 2.24. The minimum atomic E-state index is 0.236. The van der Waals surface area contributed by atoms with Gasteiger partial charge in [0.05, 0.1) is 0 Å². The standard InChI is InChI=1S/C15H16ClNO/c1-11-5-2-3-6-12(11)9-17-10-13-14(16)7-4-8-15(13)18/h2-8,17-18H,9-10H2,1H3. The monoisotopic (exact) mass is 261 g/mol. The molecule has 0 amide bonds. The first-order valence-electron chi connectivity index (χ1n) is 5.90. The van der Waals surface area contributed by atoms with E-state index in [1.807, 2.05) is 12.1 Å². The minimum Gasteiger partial charge on any atom is -0.508 e. The van der Waals surface area contributed by atoms with E-state index in [1.165, 1.54) is 11.1 Å². The summed E-state index contributed by atoms with van der Waals surface area (Å²) < 4.78 is 0. The number of hydrogen-bond acceptors (Lipinski definition) is 2. The average molecular weight is 262 g/mol. The van der Waals surface area contributed by atoms with Crippen molar-refractivity contribution in [3.05, 3.63) is 64.2 Å². The van der Waals surface area contributed by atoms with Gasteiger partial charge in [0.1, 0.15) is 5.75 Å². The molecule has 3 heteroatoms. The molecule has 0 unspecified atom stereocenters. The quantitative estimate of drug-likeness (QED) is 0.881. The Morgan fingerprint density at radius 3 is 2.56 bits per heavy atom. The number of hydrogen-bond donors (Lipinski definition) is 2. The molecule has 0 atom stereocenters. The largest absolute Gasteiger partial charge is 0.508 e. The molecule has 18 heavy (non-hydrogen) atoms. The zero-order valence-electron chi connectivity index (χ0n) is 10.3. The van der Waals surface area contributed by atoms with Gasteiger partial charge in [0.15, 0.2) is 0 Å². The fourth-order valence-corrected chi connectivity index (χ4v) is 2.09. The average Bonchev–Trinajstić information content (AvgIpc) is 2.35. The summed E-state index contributed by atoms with van der Waals surface area (Å²) in [6.45, 7) is 3.40. The van der Waals surface area contributed by atoms with Gasteiger partial charge in [-0.1, -0.05) is 41.9 Å². The van der Waals surface area contributed by atoms with Crippen LogP contribution in [0.25, 0.3) is 0 Å². The lowest BCUT2D eigenvalue weighted by Gasteiger charge is -2.10. The molecule has 0 aromatic heterocycles. The van der Waals surface area contributed by atoms with Crippen LogP contribution in [0, 0.1) is 6.92 Å². The maximum Gasteiger partial charge on any atom is 0.121 e. The molecule has 0 radical (unpaired) electrons. The summed E-state index contributed by atoms with van der Waals surface area (Å²) in [7, 11) is 0. The van der Waals surface area contributed by atoms with Gasteiger partial charge in [0.2, 0.25) is 0 Å². The summed E-state index contributed by atoms with van der Waals surface area (Å²) >= 11 is 6.04. The number of aromatic hydroxyl groups is 1. The van der Waals surface area contributed by atoms with Crippen molar-refractivity contribution in [3.63, 3.8) is 0 Å². The van der Waals surface area contributed by atoms with E-state index in [9.17, 15) is 5.11 Å². The fourth-order valence-electron chi connectivity index (χ4n) is 1.85. The van der Waals surface area contributed by atoms with Gasteiger partial charge in [-0.15, -0.1) is 0 Å². The summed E-state index contributed by atoms with van der Waals surface area (Å²) in [5, 5.41) is 13.6. The Morgan fingerprint density at radius 2 is 1.83 bits per heavy atom. The number of phenols is 1. The van der Waals surface area contributed by atoms with Crippen molar-refractivity contribution in [3.8, 4) is 5.75 Å². The van der Waals surface area contributed by atoms with Gasteiger partial charge >= 0.3 is 0 Å². The Hall–Kier alpha value is -1.51. The van der Waals surface area contributed by atoms with Gasteiger partial charge in [0, 0.05) is 23.7 Å². The van der Waals surface area contributed by atoms with Crippen molar-refractivity contribution in [1.29, 1.82) is 0 Å². The van der Waals surface area contributed by atoms with Crippen LogP contribution in [0.5, 0.6) is 5.75 Å². The second-order valence-electron chi connectivity index (χ2n) is 4.27. The number of aryl methyl sites for hydroxylation is 1. The molecule has 2 nitrogen and oxygen atoms in total. The van der Waals surface area contributed by atoms with Crippen LogP contribution in [0.2, 0.25) is 5.02 Å². The highest BCUT2D eigenvalue weighted by Gasteiger charge is 2.05. The molecule has 0 fully saturated rings. The lowest BCUT2D eigenvalue weighted by molar-refractivity contribution is 0.464. The Balaban J connectivity index is 1.99. The molecule has 0 saturated heterocycles. The van der Waals surface area contributed by atoms with E-state index in [1.54, 1.807) is 18.2 Å². The molecule has 0 aliphatic heterocycles. The van der Waals surface area contributed by atoms with Crippen LogP contribution >= 0.6 is 11.6 Å². The molecule has 2 aromatic carbocycles. The zero-order chi connectivity index (χ0) is 13.0. The smallest absolute Gasteiger partial charge is 0.121 e. The van der Waals surface area contributed by atoms with E-state index in [2.05, 4.69) is 24.4 Å². The Labute approximate surface area is 112 Å². The predicted molar refractivity (Wildman–Crippen MR) is 74.8 cm³/mol. The first-order valence-corrected chi connectivity index (χ1v) is 6.28. The van der Waals surface area contributed by atoms with E-state index < -0.39 is 0 Å². The van der Waals surface area contributed by atoms with Gasteiger partial charge < -0.3 is 10.4 Å². The molecule has 0 saturated carbocycles.